The molecule has 1 aromatic heterocycles. The highest BCUT2D eigenvalue weighted by atomic mass is 32.1. The molecule has 0 saturated heterocycles. The first-order valence-corrected chi connectivity index (χ1v) is 12.0. The van der Waals surface area contributed by atoms with Crippen molar-refractivity contribution in [3.63, 3.8) is 0 Å². The minimum atomic E-state index is -1.18. The predicted molar refractivity (Wildman–Crippen MR) is 136 cm³/mol. The van der Waals surface area contributed by atoms with Crippen molar-refractivity contribution < 1.29 is 23.5 Å². The first-order chi connectivity index (χ1) is 17.1. The van der Waals surface area contributed by atoms with Crippen LogP contribution in [0.2, 0.25) is 0 Å². The van der Waals surface area contributed by atoms with Gasteiger partial charge in [0, 0.05) is 12.2 Å². The molecule has 3 amide bonds. The normalized spacial score (nSPS) is 11.7. The van der Waals surface area contributed by atoms with Crippen LogP contribution in [-0.2, 0) is 4.79 Å². The predicted octanol–water partition coefficient (Wildman–Crippen LogP) is 3.52. The van der Waals surface area contributed by atoms with Gasteiger partial charge in [0.05, 0.1) is 12.8 Å². The number of methoxy groups -OCH3 is 1. The van der Waals surface area contributed by atoms with Gasteiger partial charge in [-0.25, -0.2) is 4.39 Å². The summed E-state index contributed by atoms with van der Waals surface area (Å²) in [6.07, 6.45) is 0.724. The maximum atomic E-state index is 13.9. The molecular formula is C25H28FN5O4S. The molecule has 9 nitrogen and oxygen atoms in total. The van der Waals surface area contributed by atoms with Gasteiger partial charge < -0.3 is 21.5 Å². The average molecular weight is 514 g/mol. The Labute approximate surface area is 212 Å². The molecule has 1 heterocycles. The number of nitrogens with two attached hydrogens (primary N) is 2. The Morgan fingerprint density at radius 3 is 2.28 bits per heavy atom. The van der Waals surface area contributed by atoms with Gasteiger partial charge in [-0.2, -0.15) is 4.37 Å². The largest absolute Gasteiger partial charge is 0.497 e. The SMILES string of the molecule is COc1ccc(N(C(=O)c2snc(C(N)=O)c2N)C(C(=O)NCCC(C)C)c2ccc(F)cc2)cc1. The van der Waals surface area contributed by atoms with Gasteiger partial charge in [0.2, 0.25) is 5.91 Å². The van der Waals surface area contributed by atoms with Crippen LogP contribution >= 0.6 is 11.5 Å². The van der Waals surface area contributed by atoms with Crippen molar-refractivity contribution >= 4 is 40.6 Å². The van der Waals surface area contributed by atoms with E-state index >= 15 is 0 Å². The van der Waals surface area contributed by atoms with E-state index in [1.807, 2.05) is 13.8 Å². The number of hydrogen-bond donors (Lipinski definition) is 3. The highest BCUT2D eigenvalue weighted by Gasteiger charge is 2.36. The van der Waals surface area contributed by atoms with Gasteiger partial charge in [0.25, 0.3) is 11.8 Å². The van der Waals surface area contributed by atoms with Crippen molar-refractivity contribution in [2.24, 2.45) is 11.7 Å². The van der Waals surface area contributed by atoms with E-state index in [4.69, 9.17) is 16.2 Å². The highest BCUT2D eigenvalue weighted by molar-refractivity contribution is 7.09. The first-order valence-electron chi connectivity index (χ1n) is 11.2. The zero-order valence-corrected chi connectivity index (χ0v) is 21.0. The standard InChI is InChI=1S/C25H28FN5O4S/c1-14(2)12-13-29-24(33)21(15-4-6-16(26)7-5-15)31(17-8-10-18(35-3)11-9-17)25(34)22-19(27)20(23(28)32)30-36-22/h4-11,14,21H,12-13,27H2,1-3H3,(H2,28,32)(H,29,33). The van der Waals surface area contributed by atoms with E-state index in [0.717, 1.165) is 6.42 Å². The number of primary amides is 1. The molecule has 1 unspecified atom stereocenters. The van der Waals surface area contributed by atoms with Gasteiger partial charge in [-0.05, 0) is 65.8 Å². The van der Waals surface area contributed by atoms with Crippen molar-refractivity contribution in [2.75, 3.05) is 24.3 Å². The number of aromatic nitrogens is 1. The zero-order chi connectivity index (χ0) is 26.4. The van der Waals surface area contributed by atoms with Gasteiger partial charge in [-0.3, -0.25) is 19.3 Å². The van der Waals surface area contributed by atoms with Crippen LogP contribution in [0.5, 0.6) is 5.75 Å². The number of carbonyl (C=O) groups is 3. The van der Waals surface area contributed by atoms with Gasteiger partial charge >= 0.3 is 0 Å². The fraction of sp³-hybridized carbons (Fsp3) is 0.280. The number of nitrogen functional groups attached to an aromatic ring is 1. The molecular weight excluding hydrogens is 485 g/mol. The molecule has 0 fully saturated rings. The van der Waals surface area contributed by atoms with Crippen LogP contribution in [0, 0.1) is 11.7 Å². The third kappa shape index (κ3) is 5.98. The molecule has 2 aromatic carbocycles. The minimum Gasteiger partial charge on any atom is -0.497 e. The Hall–Kier alpha value is -3.99. The summed E-state index contributed by atoms with van der Waals surface area (Å²) in [6, 6.07) is 10.6. The van der Waals surface area contributed by atoms with E-state index < -0.39 is 29.6 Å². The molecule has 0 aliphatic carbocycles. The molecule has 3 rings (SSSR count). The highest BCUT2D eigenvalue weighted by Crippen LogP contribution is 2.34. The second-order valence-corrected chi connectivity index (χ2v) is 9.21. The molecule has 36 heavy (non-hydrogen) atoms. The molecule has 0 spiro atoms. The molecule has 190 valence electrons. The lowest BCUT2D eigenvalue weighted by Gasteiger charge is -2.31. The van der Waals surface area contributed by atoms with Crippen LogP contribution < -0.4 is 26.4 Å². The number of rotatable bonds is 10. The van der Waals surface area contributed by atoms with E-state index in [1.54, 1.807) is 24.3 Å². The van der Waals surface area contributed by atoms with Crippen LogP contribution in [0.1, 0.15) is 52.0 Å². The van der Waals surface area contributed by atoms with E-state index in [9.17, 15) is 18.8 Å². The van der Waals surface area contributed by atoms with Crippen molar-refractivity contribution in [1.82, 2.24) is 9.69 Å². The van der Waals surface area contributed by atoms with Gasteiger partial charge in [-0.1, -0.05) is 26.0 Å². The van der Waals surface area contributed by atoms with E-state index in [-0.39, 0.29) is 16.3 Å². The summed E-state index contributed by atoms with van der Waals surface area (Å²) < 4.78 is 22.9. The number of nitrogens with one attached hydrogen (secondary N) is 1. The van der Waals surface area contributed by atoms with Crippen LogP contribution in [0.3, 0.4) is 0 Å². The van der Waals surface area contributed by atoms with Crippen LogP contribution in [0.25, 0.3) is 0 Å². The number of nitrogens with zero attached hydrogens (tertiary/aromatic N) is 2. The summed E-state index contributed by atoms with van der Waals surface area (Å²) in [6.45, 7) is 4.44. The number of ether oxygens (including phenoxy) is 1. The minimum absolute atomic E-state index is 0.0540. The molecule has 3 aromatic rings. The van der Waals surface area contributed by atoms with E-state index in [2.05, 4.69) is 9.69 Å². The number of amides is 3. The average Bonchev–Trinajstić information content (AvgIpc) is 3.24. The van der Waals surface area contributed by atoms with Gasteiger partial charge in [0.1, 0.15) is 22.5 Å². The fourth-order valence-corrected chi connectivity index (χ4v) is 4.25. The molecule has 0 aliphatic rings. The van der Waals surface area contributed by atoms with Crippen molar-refractivity contribution in [3.8, 4) is 5.75 Å². The summed E-state index contributed by atoms with van der Waals surface area (Å²) >= 11 is 0.708. The quantitative estimate of drug-likeness (QED) is 0.379. The van der Waals surface area contributed by atoms with Crippen molar-refractivity contribution in [2.45, 2.75) is 26.3 Å². The van der Waals surface area contributed by atoms with Crippen LogP contribution in [0.15, 0.2) is 48.5 Å². The van der Waals surface area contributed by atoms with Crippen molar-refractivity contribution in [1.29, 1.82) is 0 Å². The first kappa shape index (κ1) is 26.6. The Kier molecular flexibility index (Phi) is 8.59. The Bertz CT molecular complexity index is 1230. The summed E-state index contributed by atoms with van der Waals surface area (Å²) in [5.41, 5.74) is 11.7. The number of hydrogen-bond acceptors (Lipinski definition) is 7. The molecule has 1 atom stereocenters. The second-order valence-electron chi connectivity index (χ2n) is 8.44. The molecule has 5 N–H and O–H groups in total. The lowest BCUT2D eigenvalue weighted by atomic mass is 10.0. The third-order valence-electron chi connectivity index (χ3n) is 5.44. The topological polar surface area (TPSA) is 141 Å². The van der Waals surface area contributed by atoms with E-state index in [0.29, 0.717) is 41.0 Å². The lowest BCUT2D eigenvalue weighted by Crippen LogP contribution is -2.44. The molecule has 0 saturated carbocycles. The maximum Gasteiger partial charge on any atom is 0.273 e. The van der Waals surface area contributed by atoms with Crippen molar-refractivity contribution in [3.05, 3.63) is 70.5 Å². The number of anilines is 2. The lowest BCUT2D eigenvalue weighted by molar-refractivity contribution is -0.122. The van der Waals surface area contributed by atoms with E-state index in [1.165, 1.54) is 36.3 Å². The molecule has 0 bridgehead atoms. The smallest absolute Gasteiger partial charge is 0.273 e. The summed E-state index contributed by atoms with van der Waals surface area (Å²) in [5.74, 6) is -1.61. The zero-order valence-electron chi connectivity index (χ0n) is 20.2. The Morgan fingerprint density at radius 1 is 1.11 bits per heavy atom. The maximum absolute atomic E-state index is 13.9. The monoisotopic (exact) mass is 513 g/mol. The van der Waals surface area contributed by atoms with Crippen LogP contribution in [-0.4, -0.2) is 35.7 Å². The second kappa shape index (κ2) is 11.6. The third-order valence-corrected chi connectivity index (χ3v) is 6.29. The van der Waals surface area contributed by atoms with Gasteiger partial charge in [-0.15, -0.1) is 0 Å². The van der Waals surface area contributed by atoms with Gasteiger partial charge in [0.15, 0.2) is 5.69 Å². The number of halogens is 1. The summed E-state index contributed by atoms with van der Waals surface area (Å²) in [5, 5.41) is 2.88. The molecule has 0 aliphatic heterocycles. The molecule has 11 heteroatoms. The molecule has 0 radical (unpaired) electrons. The Balaban J connectivity index is 2.15. The fourth-order valence-electron chi connectivity index (χ4n) is 3.51. The summed E-state index contributed by atoms with van der Waals surface area (Å²) in [4.78, 5) is 40.3. The number of benzene rings is 2. The summed E-state index contributed by atoms with van der Waals surface area (Å²) in [7, 11) is 1.50. The number of carbonyl (C=O) groups excluding carboxylic acids is 3. The van der Waals surface area contributed by atoms with Crippen LogP contribution in [0.4, 0.5) is 15.8 Å². The Morgan fingerprint density at radius 2 is 1.75 bits per heavy atom.